The highest BCUT2D eigenvalue weighted by Crippen LogP contribution is 2.15. The first kappa shape index (κ1) is 21.9. The second-order valence-corrected chi connectivity index (χ2v) is 6.26. The highest BCUT2D eigenvalue weighted by atomic mass is 127. The third kappa shape index (κ3) is 7.85. The normalized spacial score (nSPS) is 18.0. The summed E-state index contributed by atoms with van der Waals surface area (Å²) in [6.07, 6.45) is 2.31. The second-order valence-electron chi connectivity index (χ2n) is 6.26. The van der Waals surface area contributed by atoms with Gasteiger partial charge in [0.2, 0.25) is 11.8 Å². The minimum absolute atomic E-state index is 0. The summed E-state index contributed by atoms with van der Waals surface area (Å²) in [5.74, 6) is 1.17. The Morgan fingerprint density at radius 1 is 1.17 bits per heavy atom. The largest absolute Gasteiger partial charge is 0.347 e. The fraction of sp³-hybridized carbons (Fsp3) is 0.800. The molecule has 1 rings (SSSR count). The lowest BCUT2D eigenvalue weighted by molar-refractivity contribution is -0.127. The number of halogens is 1. The van der Waals surface area contributed by atoms with Crippen molar-refractivity contribution < 1.29 is 9.59 Å². The second kappa shape index (κ2) is 10.7. The van der Waals surface area contributed by atoms with Crippen LogP contribution in [-0.4, -0.2) is 86.8 Å². The van der Waals surface area contributed by atoms with Crippen molar-refractivity contribution in [3.05, 3.63) is 0 Å². The number of piperidine rings is 1. The first-order valence-corrected chi connectivity index (χ1v) is 7.74. The zero-order chi connectivity index (χ0) is 16.7. The molecule has 1 fully saturated rings. The van der Waals surface area contributed by atoms with Crippen LogP contribution in [0.3, 0.4) is 0 Å². The molecule has 7 nitrogen and oxygen atoms in total. The van der Waals surface area contributed by atoms with Crippen LogP contribution in [0.2, 0.25) is 0 Å². The average Bonchev–Trinajstić information content (AvgIpc) is 2.46. The third-order valence-electron chi connectivity index (χ3n) is 3.72. The quantitative estimate of drug-likeness (QED) is 0.393. The van der Waals surface area contributed by atoms with Crippen LogP contribution >= 0.6 is 24.0 Å². The number of aliphatic imine (C=N–C) groups is 1. The fourth-order valence-corrected chi connectivity index (χ4v) is 2.25. The monoisotopic (exact) mass is 439 g/mol. The van der Waals surface area contributed by atoms with Gasteiger partial charge in [0.05, 0.1) is 6.54 Å². The number of amides is 2. The van der Waals surface area contributed by atoms with E-state index < -0.39 is 0 Å². The maximum Gasteiger partial charge on any atom is 0.243 e. The molecule has 1 atom stereocenters. The number of hydrogen-bond acceptors (Lipinski definition) is 3. The van der Waals surface area contributed by atoms with Crippen molar-refractivity contribution in [3.63, 3.8) is 0 Å². The lowest BCUT2D eigenvalue weighted by Gasteiger charge is -2.33. The summed E-state index contributed by atoms with van der Waals surface area (Å²) in [4.78, 5) is 33.1. The summed E-state index contributed by atoms with van der Waals surface area (Å²) in [6, 6.07) is 0. The minimum atomic E-state index is -0.0525. The highest BCUT2D eigenvalue weighted by molar-refractivity contribution is 14.0. The van der Waals surface area contributed by atoms with E-state index in [0.717, 1.165) is 19.5 Å². The molecule has 0 aromatic rings. The first-order chi connectivity index (χ1) is 10.3. The Labute approximate surface area is 156 Å². The summed E-state index contributed by atoms with van der Waals surface area (Å²) in [5.41, 5.74) is 0. The molecule has 8 heteroatoms. The fourth-order valence-electron chi connectivity index (χ4n) is 2.25. The zero-order valence-electron chi connectivity index (χ0n) is 14.8. The topological polar surface area (TPSA) is 68.2 Å². The smallest absolute Gasteiger partial charge is 0.243 e. The van der Waals surface area contributed by atoms with Crippen molar-refractivity contribution >= 4 is 41.8 Å². The molecule has 134 valence electrons. The summed E-state index contributed by atoms with van der Waals surface area (Å²) in [6.45, 7) is 4.30. The van der Waals surface area contributed by atoms with Gasteiger partial charge in [-0.1, -0.05) is 6.92 Å². The number of nitrogens with one attached hydrogen (secondary N) is 1. The van der Waals surface area contributed by atoms with Crippen LogP contribution in [0.15, 0.2) is 4.99 Å². The van der Waals surface area contributed by atoms with E-state index in [4.69, 9.17) is 0 Å². The molecule has 0 spiro atoms. The van der Waals surface area contributed by atoms with Gasteiger partial charge in [0.25, 0.3) is 0 Å². The molecule has 1 aliphatic rings. The molecule has 1 saturated heterocycles. The number of carbonyl (C=O) groups is 2. The molecule has 1 aliphatic heterocycles. The summed E-state index contributed by atoms with van der Waals surface area (Å²) in [5, 5.41) is 3.10. The Bertz CT molecular complexity index is 426. The van der Waals surface area contributed by atoms with Gasteiger partial charge in [-0.3, -0.25) is 9.59 Å². The Morgan fingerprint density at radius 3 is 2.30 bits per heavy atom. The lowest BCUT2D eigenvalue weighted by Crippen LogP contribution is -2.49. The molecule has 0 bridgehead atoms. The maximum absolute atomic E-state index is 11.8. The molecule has 1 heterocycles. The molecule has 0 aromatic carbocycles. The Balaban J connectivity index is 0.00000484. The van der Waals surface area contributed by atoms with Gasteiger partial charge in [-0.05, 0) is 18.8 Å². The van der Waals surface area contributed by atoms with E-state index in [0.29, 0.717) is 11.9 Å². The van der Waals surface area contributed by atoms with Crippen LogP contribution in [0.5, 0.6) is 0 Å². The van der Waals surface area contributed by atoms with Crippen LogP contribution in [0.1, 0.15) is 19.8 Å². The molecule has 0 aromatic heterocycles. The van der Waals surface area contributed by atoms with Crippen LogP contribution in [-0.2, 0) is 9.59 Å². The van der Waals surface area contributed by atoms with Crippen LogP contribution in [0.4, 0.5) is 0 Å². The van der Waals surface area contributed by atoms with Gasteiger partial charge >= 0.3 is 0 Å². The highest BCUT2D eigenvalue weighted by Gasteiger charge is 2.20. The predicted octanol–water partition coefficient (Wildman–Crippen LogP) is 0.458. The number of rotatable bonds is 4. The summed E-state index contributed by atoms with van der Waals surface area (Å²) >= 11 is 0. The Hall–Kier alpha value is -1.06. The third-order valence-corrected chi connectivity index (χ3v) is 3.72. The number of likely N-dealkylation sites (N-methyl/N-ethyl adjacent to an activating group) is 2. The van der Waals surface area contributed by atoms with Gasteiger partial charge in [-0.25, -0.2) is 4.99 Å². The van der Waals surface area contributed by atoms with Gasteiger partial charge in [-0.2, -0.15) is 0 Å². The van der Waals surface area contributed by atoms with E-state index in [9.17, 15) is 9.59 Å². The molecule has 0 radical (unpaired) electrons. The molecule has 0 aliphatic carbocycles. The van der Waals surface area contributed by atoms with E-state index in [1.807, 2.05) is 0 Å². The van der Waals surface area contributed by atoms with Gasteiger partial charge in [0, 0.05) is 41.3 Å². The van der Waals surface area contributed by atoms with Gasteiger partial charge in [0.1, 0.15) is 6.54 Å². The van der Waals surface area contributed by atoms with E-state index in [-0.39, 0.29) is 48.9 Å². The molecule has 1 unspecified atom stereocenters. The minimum Gasteiger partial charge on any atom is -0.347 e. The van der Waals surface area contributed by atoms with Crippen molar-refractivity contribution in [2.45, 2.75) is 19.8 Å². The number of carbonyl (C=O) groups excluding carboxylic acids is 2. The van der Waals surface area contributed by atoms with E-state index >= 15 is 0 Å². The average molecular weight is 439 g/mol. The molecule has 1 N–H and O–H groups in total. The zero-order valence-corrected chi connectivity index (χ0v) is 17.2. The summed E-state index contributed by atoms with van der Waals surface area (Å²) in [7, 11) is 6.87. The van der Waals surface area contributed by atoms with Crippen molar-refractivity contribution in [2.75, 3.05) is 54.4 Å². The Kier molecular flexibility index (Phi) is 10.2. The molecule has 2 amide bonds. The van der Waals surface area contributed by atoms with Crippen LogP contribution < -0.4 is 5.32 Å². The van der Waals surface area contributed by atoms with Crippen molar-refractivity contribution in [2.24, 2.45) is 10.9 Å². The Morgan fingerprint density at radius 2 is 1.78 bits per heavy atom. The molecule has 23 heavy (non-hydrogen) atoms. The van der Waals surface area contributed by atoms with Crippen molar-refractivity contribution in [1.29, 1.82) is 0 Å². The van der Waals surface area contributed by atoms with Gasteiger partial charge in [0.15, 0.2) is 5.96 Å². The van der Waals surface area contributed by atoms with E-state index in [1.54, 1.807) is 28.2 Å². The van der Waals surface area contributed by atoms with Crippen molar-refractivity contribution in [1.82, 2.24) is 20.0 Å². The van der Waals surface area contributed by atoms with Crippen molar-refractivity contribution in [3.8, 4) is 0 Å². The molecular formula is C15H30IN5O2. The SMILES string of the molecule is CC1CCCN(C(=NCC(=O)N(C)C)NCC(=O)N(C)C)C1.I. The number of likely N-dealkylation sites (tertiary alicyclic amines) is 1. The lowest BCUT2D eigenvalue weighted by atomic mass is 10.0. The standard InChI is InChI=1S/C15H29N5O2.HI/c1-12-7-6-8-20(11-12)15(16-9-13(21)18(2)3)17-10-14(22)19(4)5;/h12H,6-11H2,1-5H3,(H,16,17);1H. The molecule has 0 saturated carbocycles. The van der Waals surface area contributed by atoms with E-state index in [1.165, 1.54) is 16.2 Å². The van der Waals surface area contributed by atoms with Crippen LogP contribution in [0.25, 0.3) is 0 Å². The van der Waals surface area contributed by atoms with Gasteiger partial charge in [-0.15, -0.1) is 24.0 Å². The van der Waals surface area contributed by atoms with Gasteiger partial charge < -0.3 is 20.0 Å². The predicted molar refractivity (Wildman–Crippen MR) is 103 cm³/mol. The summed E-state index contributed by atoms with van der Waals surface area (Å²) < 4.78 is 0. The number of guanidine groups is 1. The first-order valence-electron chi connectivity index (χ1n) is 7.74. The number of hydrogen-bond donors (Lipinski definition) is 1. The maximum atomic E-state index is 11.8. The van der Waals surface area contributed by atoms with Crippen LogP contribution in [0, 0.1) is 5.92 Å². The molecular weight excluding hydrogens is 409 g/mol. The van der Waals surface area contributed by atoms with E-state index in [2.05, 4.69) is 22.1 Å². The number of nitrogens with zero attached hydrogens (tertiary/aromatic N) is 4.